The second-order valence-corrected chi connectivity index (χ2v) is 3.96. The minimum atomic E-state index is -4.77. The third kappa shape index (κ3) is 4.64. The maximum atomic E-state index is 12.0. The maximum absolute atomic E-state index is 12.0. The lowest BCUT2D eigenvalue weighted by Crippen LogP contribution is -2.17. The van der Waals surface area contributed by atoms with Gasteiger partial charge in [0.05, 0.1) is 4.47 Å². The molecule has 0 aromatic heterocycles. The number of ether oxygens (including phenoxy) is 1. The van der Waals surface area contributed by atoms with E-state index in [9.17, 15) is 18.0 Å². The van der Waals surface area contributed by atoms with Crippen LogP contribution >= 0.6 is 15.9 Å². The van der Waals surface area contributed by atoms with E-state index in [0.29, 0.717) is 5.56 Å². The summed E-state index contributed by atoms with van der Waals surface area (Å²) in [6.45, 7) is 0. The minimum absolute atomic E-state index is 0.124. The van der Waals surface area contributed by atoms with E-state index in [-0.39, 0.29) is 23.1 Å². The molecule has 0 aliphatic rings. The quantitative estimate of drug-likeness (QED) is 0.927. The largest absolute Gasteiger partial charge is 0.573 e. The molecule has 0 heterocycles. The van der Waals surface area contributed by atoms with Crippen LogP contribution in [0, 0.1) is 0 Å². The van der Waals surface area contributed by atoms with Crippen molar-refractivity contribution >= 4 is 21.9 Å². The number of carboxylic acids is 1. The van der Waals surface area contributed by atoms with Crippen LogP contribution in [0.5, 0.6) is 5.75 Å². The number of hydrogen-bond acceptors (Lipinski definition) is 2. The number of rotatable bonds is 4. The first kappa shape index (κ1) is 13.8. The van der Waals surface area contributed by atoms with E-state index in [2.05, 4.69) is 20.7 Å². The van der Waals surface area contributed by atoms with Crippen molar-refractivity contribution in [3.05, 3.63) is 28.2 Å². The Morgan fingerprint density at radius 1 is 1.41 bits per heavy atom. The fourth-order valence-corrected chi connectivity index (χ4v) is 1.74. The molecular formula is C10H8BrF3O3. The summed E-state index contributed by atoms with van der Waals surface area (Å²) >= 11 is 2.97. The Morgan fingerprint density at radius 2 is 2.06 bits per heavy atom. The lowest BCUT2D eigenvalue weighted by Gasteiger charge is -2.12. The van der Waals surface area contributed by atoms with E-state index < -0.39 is 12.3 Å². The van der Waals surface area contributed by atoms with Gasteiger partial charge < -0.3 is 9.84 Å². The Kier molecular flexibility index (Phi) is 4.39. The van der Waals surface area contributed by atoms with Gasteiger partial charge in [0.15, 0.2) is 0 Å². The molecule has 0 bridgehead atoms. The first-order valence-electron chi connectivity index (χ1n) is 4.54. The molecule has 7 heteroatoms. The summed E-state index contributed by atoms with van der Waals surface area (Å²) in [5, 5.41) is 8.49. The lowest BCUT2D eigenvalue weighted by atomic mass is 10.1. The molecule has 3 nitrogen and oxygen atoms in total. The zero-order chi connectivity index (χ0) is 13.1. The van der Waals surface area contributed by atoms with Gasteiger partial charge in [0.1, 0.15) is 5.75 Å². The predicted molar refractivity (Wildman–Crippen MR) is 56.8 cm³/mol. The number of aryl methyl sites for hydroxylation is 1. The molecule has 94 valence electrons. The van der Waals surface area contributed by atoms with Gasteiger partial charge in [0, 0.05) is 6.42 Å². The molecule has 0 amide bonds. The van der Waals surface area contributed by atoms with Crippen LogP contribution in [0.25, 0.3) is 0 Å². The highest BCUT2D eigenvalue weighted by Gasteiger charge is 2.32. The first-order chi connectivity index (χ1) is 7.79. The monoisotopic (exact) mass is 312 g/mol. The minimum Gasteiger partial charge on any atom is -0.481 e. The number of carbonyl (C=O) groups is 1. The van der Waals surface area contributed by atoms with Gasteiger partial charge in [-0.05, 0) is 34.0 Å². The van der Waals surface area contributed by atoms with Crippen molar-refractivity contribution in [1.29, 1.82) is 0 Å². The number of halogens is 4. The van der Waals surface area contributed by atoms with Crippen molar-refractivity contribution in [3.63, 3.8) is 0 Å². The zero-order valence-electron chi connectivity index (χ0n) is 8.42. The summed E-state index contributed by atoms with van der Waals surface area (Å²) in [6, 6.07) is 4.07. The van der Waals surface area contributed by atoms with Crippen molar-refractivity contribution in [2.24, 2.45) is 0 Å². The van der Waals surface area contributed by atoms with E-state index in [1.165, 1.54) is 12.1 Å². The summed E-state index contributed by atoms with van der Waals surface area (Å²) in [4.78, 5) is 10.4. The molecule has 0 unspecified atom stereocenters. The summed E-state index contributed by atoms with van der Waals surface area (Å²) in [5.41, 5.74) is 0.453. The predicted octanol–water partition coefficient (Wildman–Crippen LogP) is 3.36. The van der Waals surface area contributed by atoms with Crippen LogP contribution in [-0.4, -0.2) is 17.4 Å². The van der Waals surface area contributed by atoms with Crippen molar-refractivity contribution in [2.45, 2.75) is 19.2 Å². The topological polar surface area (TPSA) is 46.5 Å². The molecular weight excluding hydrogens is 305 g/mol. The Labute approximate surface area is 103 Å². The number of benzene rings is 1. The molecule has 0 atom stereocenters. The molecule has 0 radical (unpaired) electrons. The fraction of sp³-hybridized carbons (Fsp3) is 0.300. The summed E-state index contributed by atoms with van der Waals surface area (Å²) in [6.07, 6.45) is -4.80. The molecule has 0 fully saturated rings. The van der Waals surface area contributed by atoms with Gasteiger partial charge in [0.25, 0.3) is 0 Å². The molecule has 0 saturated carbocycles. The van der Waals surface area contributed by atoms with Crippen LogP contribution in [0.15, 0.2) is 22.7 Å². The van der Waals surface area contributed by atoms with Crippen LogP contribution in [0.2, 0.25) is 0 Å². The van der Waals surface area contributed by atoms with Gasteiger partial charge in [-0.2, -0.15) is 0 Å². The highest BCUT2D eigenvalue weighted by molar-refractivity contribution is 9.10. The van der Waals surface area contributed by atoms with Gasteiger partial charge in [-0.25, -0.2) is 0 Å². The molecule has 1 N–H and O–H groups in total. The molecule has 1 rings (SSSR count). The standard InChI is InChI=1S/C10H8BrF3O3/c11-9-6(4-5-8(15)16)2-1-3-7(9)17-10(12,13)14/h1-3H,4-5H2,(H,15,16). The average Bonchev–Trinajstić information content (AvgIpc) is 2.17. The average molecular weight is 313 g/mol. The van der Waals surface area contributed by atoms with Crippen LogP contribution in [0.4, 0.5) is 13.2 Å². The Hall–Kier alpha value is -1.24. The molecule has 1 aromatic rings. The van der Waals surface area contributed by atoms with Crippen LogP contribution in [0.1, 0.15) is 12.0 Å². The maximum Gasteiger partial charge on any atom is 0.573 e. The van der Waals surface area contributed by atoms with Crippen LogP contribution in [-0.2, 0) is 11.2 Å². The van der Waals surface area contributed by atoms with Gasteiger partial charge in [-0.3, -0.25) is 4.79 Å². The van der Waals surface area contributed by atoms with E-state index in [0.717, 1.165) is 6.07 Å². The van der Waals surface area contributed by atoms with Gasteiger partial charge in [-0.15, -0.1) is 13.2 Å². The SMILES string of the molecule is O=C(O)CCc1cccc(OC(F)(F)F)c1Br. The molecule has 17 heavy (non-hydrogen) atoms. The van der Waals surface area contributed by atoms with E-state index in [4.69, 9.17) is 5.11 Å². The summed E-state index contributed by atoms with van der Waals surface area (Å²) in [5.74, 6) is -1.39. The third-order valence-electron chi connectivity index (χ3n) is 1.88. The number of aliphatic carboxylic acids is 1. The van der Waals surface area contributed by atoms with E-state index in [1.807, 2.05) is 0 Å². The lowest BCUT2D eigenvalue weighted by molar-refractivity contribution is -0.274. The molecule has 0 saturated heterocycles. The highest BCUT2D eigenvalue weighted by atomic mass is 79.9. The fourth-order valence-electron chi connectivity index (χ4n) is 1.19. The number of hydrogen-bond donors (Lipinski definition) is 1. The van der Waals surface area contributed by atoms with Crippen molar-refractivity contribution in [3.8, 4) is 5.75 Å². The zero-order valence-corrected chi connectivity index (χ0v) is 10.0. The van der Waals surface area contributed by atoms with E-state index in [1.54, 1.807) is 0 Å². The van der Waals surface area contributed by atoms with Gasteiger partial charge in [0.2, 0.25) is 0 Å². The third-order valence-corrected chi connectivity index (χ3v) is 2.78. The number of alkyl halides is 3. The molecule has 1 aromatic carbocycles. The second kappa shape index (κ2) is 5.39. The normalized spacial score (nSPS) is 11.3. The van der Waals surface area contributed by atoms with Crippen molar-refractivity contribution in [1.82, 2.24) is 0 Å². The van der Waals surface area contributed by atoms with Crippen LogP contribution in [0.3, 0.4) is 0 Å². The summed E-state index contributed by atoms with van der Waals surface area (Å²) < 4.78 is 40.0. The highest BCUT2D eigenvalue weighted by Crippen LogP contribution is 2.33. The number of carboxylic acid groups (broad SMARTS) is 1. The van der Waals surface area contributed by atoms with Crippen molar-refractivity contribution < 1.29 is 27.8 Å². The van der Waals surface area contributed by atoms with Crippen LogP contribution < -0.4 is 4.74 Å². The molecule has 0 aliphatic carbocycles. The van der Waals surface area contributed by atoms with E-state index >= 15 is 0 Å². The molecule has 0 aliphatic heterocycles. The first-order valence-corrected chi connectivity index (χ1v) is 5.34. The Bertz CT molecular complexity index is 418. The van der Waals surface area contributed by atoms with Crippen molar-refractivity contribution in [2.75, 3.05) is 0 Å². The Morgan fingerprint density at radius 3 is 2.59 bits per heavy atom. The Balaban J connectivity index is 2.87. The summed E-state index contributed by atoms with van der Waals surface area (Å²) in [7, 11) is 0. The second-order valence-electron chi connectivity index (χ2n) is 3.17. The smallest absolute Gasteiger partial charge is 0.481 e. The van der Waals surface area contributed by atoms with Gasteiger partial charge in [-0.1, -0.05) is 12.1 Å². The van der Waals surface area contributed by atoms with Gasteiger partial charge >= 0.3 is 12.3 Å². The molecule has 0 spiro atoms.